The first-order chi connectivity index (χ1) is 13.2. The van der Waals surface area contributed by atoms with Crippen LogP contribution in [0.4, 0.5) is 0 Å². The van der Waals surface area contributed by atoms with Gasteiger partial charge in [0.1, 0.15) is 0 Å². The van der Waals surface area contributed by atoms with Crippen LogP contribution in [-0.4, -0.2) is 71.6 Å². The minimum absolute atomic E-state index is 0.00323. The first kappa shape index (κ1) is 18.2. The van der Waals surface area contributed by atoms with Gasteiger partial charge in [-0.1, -0.05) is 35.5 Å². The van der Waals surface area contributed by atoms with Crippen molar-refractivity contribution in [3.05, 3.63) is 53.4 Å². The topological polar surface area (TPSA) is 52.8 Å². The van der Waals surface area contributed by atoms with Crippen LogP contribution in [0.3, 0.4) is 0 Å². The van der Waals surface area contributed by atoms with Crippen LogP contribution in [0.2, 0.25) is 0 Å². The fraction of sp³-hybridized carbons (Fsp3) is 0.524. The van der Waals surface area contributed by atoms with E-state index in [1.807, 2.05) is 17.0 Å². The third-order valence-corrected chi connectivity index (χ3v) is 5.70. The van der Waals surface area contributed by atoms with Crippen molar-refractivity contribution in [3.63, 3.8) is 0 Å². The van der Waals surface area contributed by atoms with E-state index in [2.05, 4.69) is 46.3 Å². The second kappa shape index (κ2) is 8.23. The summed E-state index contributed by atoms with van der Waals surface area (Å²) in [5.41, 5.74) is 1.76. The summed E-state index contributed by atoms with van der Waals surface area (Å²) in [6, 6.07) is 12.8. The highest BCUT2D eigenvalue weighted by Crippen LogP contribution is 2.22. The molecule has 3 heterocycles. The molecule has 2 aliphatic heterocycles. The van der Waals surface area contributed by atoms with E-state index in [0.29, 0.717) is 18.3 Å². The van der Waals surface area contributed by atoms with E-state index in [0.717, 1.165) is 38.4 Å². The van der Waals surface area contributed by atoms with Gasteiger partial charge in [-0.3, -0.25) is 14.6 Å². The first-order valence-corrected chi connectivity index (χ1v) is 9.90. The smallest absolute Gasteiger partial charge is 0.276 e. The molecule has 4 rings (SSSR count). The number of carbonyl (C=O) groups is 1. The summed E-state index contributed by atoms with van der Waals surface area (Å²) in [5, 5.41) is 4.04. The van der Waals surface area contributed by atoms with Crippen LogP contribution in [0.1, 0.15) is 34.7 Å². The summed E-state index contributed by atoms with van der Waals surface area (Å²) in [6.07, 6.45) is 3.43. The molecule has 1 atom stereocenters. The third kappa shape index (κ3) is 4.39. The van der Waals surface area contributed by atoms with Gasteiger partial charge in [-0.2, -0.15) is 0 Å². The van der Waals surface area contributed by atoms with Gasteiger partial charge in [0.05, 0.1) is 6.54 Å². The van der Waals surface area contributed by atoms with Gasteiger partial charge in [0.2, 0.25) is 0 Å². The maximum atomic E-state index is 12.8. The lowest BCUT2D eigenvalue weighted by atomic mass is 10.1. The molecule has 1 aromatic carbocycles. The molecule has 2 aliphatic rings. The van der Waals surface area contributed by atoms with Gasteiger partial charge in [-0.15, -0.1) is 0 Å². The molecule has 0 N–H and O–H groups in total. The molecule has 2 aromatic rings. The Hall–Kier alpha value is -2.18. The summed E-state index contributed by atoms with van der Waals surface area (Å²) in [7, 11) is 2.06. The molecule has 0 radical (unpaired) electrons. The Kier molecular flexibility index (Phi) is 5.55. The van der Waals surface area contributed by atoms with E-state index in [9.17, 15) is 4.79 Å². The Morgan fingerprint density at radius 2 is 2.11 bits per heavy atom. The van der Waals surface area contributed by atoms with Crippen LogP contribution in [0.15, 0.2) is 40.9 Å². The lowest BCUT2D eigenvalue weighted by Crippen LogP contribution is -2.52. The van der Waals surface area contributed by atoms with Crippen molar-refractivity contribution in [3.8, 4) is 0 Å². The van der Waals surface area contributed by atoms with Crippen molar-refractivity contribution in [1.82, 2.24) is 19.9 Å². The number of likely N-dealkylation sites (N-methyl/N-ethyl adjacent to an activating group) is 1. The standard InChI is InChI=1S/C21H28N4O2/c1-23(11-9-17-6-3-2-4-7-17)16-19-14-20(22-27-19)21(26)25-13-12-24-10-5-8-18(24)15-25/h2-4,6-7,14,18H,5,8-13,15-16H2,1H3/t18-/m1/s1. The minimum atomic E-state index is 0.00323. The molecule has 0 saturated carbocycles. The van der Waals surface area contributed by atoms with Crippen molar-refractivity contribution < 1.29 is 9.32 Å². The van der Waals surface area contributed by atoms with E-state index >= 15 is 0 Å². The van der Waals surface area contributed by atoms with Crippen LogP contribution in [0.25, 0.3) is 0 Å². The van der Waals surface area contributed by atoms with Crippen LogP contribution < -0.4 is 0 Å². The minimum Gasteiger partial charge on any atom is -0.359 e. The van der Waals surface area contributed by atoms with Crippen molar-refractivity contribution >= 4 is 5.91 Å². The Morgan fingerprint density at radius 1 is 1.26 bits per heavy atom. The number of hydrogen-bond acceptors (Lipinski definition) is 5. The van der Waals surface area contributed by atoms with E-state index < -0.39 is 0 Å². The fourth-order valence-electron chi connectivity index (χ4n) is 4.14. The average Bonchev–Trinajstić information content (AvgIpc) is 3.35. The van der Waals surface area contributed by atoms with Crippen molar-refractivity contribution in [2.75, 3.05) is 39.8 Å². The summed E-state index contributed by atoms with van der Waals surface area (Å²) in [5.74, 6) is 0.747. The predicted molar refractivity (Wildman–Crippen MR) is 103 cm³/mol. The maximum absolute atomic E-state index is 12.8. The summed E-state index contributed by atoms with van der Waals surface area (Å²) in [4.78, 5) is 19.4. The first-order valence-electron chi connectivity index (χ1n) is 9.90. The molecule has 2 saturated heterocycles. The van der Waals surface area contributed by atoms with Gasteiger partial charge in [0.25, 0.3) is 5.91 Å². The second-order valence-corrected chi connectivity index (χ2v) is 7.74. The van der Waals surface area contributed by atoms with Gasteiger partial charge in [0, 0.05) is 38.3 Å². The zero-order chi connectivity index (χ0) is 18.6. The number of benzene rings is 1. The number of rotatable bonds is 6. The number of aromatic nitrogens is 1. The molecular formula is C21H28N4O2. The number of amides is 1. The van der Waals surface area contributed by atoms with E-state index in [4.69, 9.17) is 4.52 Å². The predicted octanol–water partition coefficient (Wildman–Crippen LogP) is 2.27. The number of nitrogens with zero attached hydrogens (tertiary/aromatic N) is 4. The summed E-state index contributed by atoms with van der Waals surface area (Å²) >= 11 is 0. The third-order valence-electron chi connectivity index (χ3n) is 5.70. The highest BCUT2D eigenvalue weighted by atomic mass is 16.5. The number of fused-ring (bicyclic) bond motifs is 1. The van der Waals surface area contributed by atoms with Gasteiger partial charge in [-0.25, -0.2) is 0 Å². The summed E-state index contributed by atoms with van der Waals surface area (Å²) in [6.45, 7) is 5.34. The Balaban J connectivity index is 1.29. The Labute approximate surface area is 160 Å². The largest absolute Gasteiger partial charge is 0.359 e. The number of hydrogen-bond donors (Lipinski definition) is 0. The summed E-state index contributed by atoms with van der Waals surface area (Å²) < 4.78 is 5.44. The van der Waals surface area contributed by atoms with Gasteiger partial charge in [-0.05, 0) is 38.4 Å². The molecule has 27 heavy (non-hydrogen) atoms. The maximum Gasteiger partial charge on any atom is 0.276 e. The highest BCUT2D eigenvalue weighted by molar-refractivity contribution is 5.92. The van der Waals surface area contributed by atoms with Gasteiger partial charge < -0.3 is 9.42 Å². The van der Waals surface area contributed by atoms with Gasteiger partial charge >= 0.3 is 0 Å². The SMILES string of the molecule is CN(CCc1ccccc1)Cc1cc(C(=O)N2CCN3CCC[C@@H]3C2)no1. The molecule has 0 bridgehead atoms. The molecule has 1 amide bonds. The molecule has 0 unspecified atom stereocenters. The van der Waals surface area contributed by atoms with E-state index in [1.165, 1.54) is 24.9 Å². The zero-order valence-electron chi connectivity index (χ0n) is 16.0. The molecule has 0 spiro atoms. The van der Waals surface area contributed by atoms with Crippen LogP contribution in [0, 0.1) is 0 Å². The molecule has 6 heteroatoms. The van der Waals surface area contributed by atoms with Gasteiger partial charge in [0.15, 0.2) is 11.5 Å². The van der Waals surface area contributed by atoms with E-state index in [-0.39, 0.29) is 5.91 Å². The van der Waals surface area contributed by atoms with Crippen molar-refractivity contribution in [2.24, 2.45) is 0 Å². The fourth-order valence-corrected chi connectivity index (χ4v) is 4.14. The number of piperazine rings is 1. The Bertz CT molecular complexity index is 761. The van der Waals surface area contributed by atoms with Crippen LogP contribution in [0.5, 0.6) is 0 Å². The quantitative estimate of drug-likeness (QED) is 0.783. The molecular weight excluding hydrogens is 340 g/mol. The monoisotopic (exact) mass is 368 g/mol. The average molecular weight is 368 g/mol. The van der Waals surface area contributed by atoms with Crippen molar-refractivity contribution in [2.45, 2.75) is 31.8 Å². The van der Waals surface area contributed by atoms with Crippen molar-refractivity contribution in [1.29, 1.82) is 0 Å². The molecule has 0 aliphatic carbocycles. The zero-order valence-corrected chi connectivity index (χ0v) is 16.0. The molecule has 6 nitrogen and oxygen atoms in total. The Morgan fingerprint density at radius 3 is 2.96 bits per heavy atom. The highest BCUT2D eigenvalue weighted by Gasteiger charge is 2.33. The van der Waals surface area contributed by atoms with E-state index in [1.54, 1.807) is 0 Å². The lowest BCUT2D eigenvalue weighted by molar-refractivity contribution is 0.0561. The normalized spacial score (nSPS) is 20.2. The van der Waals surface area contributed by atoms with Crippen LogP contribution in [-0.2, 0) is 13.0 Å². The number of carbonyl (C=O) groups excluding carboxylic acids is 1. The molecule has 1 aromatic heterocycles. The second-order valence-electron chi connectivity index (χ2n) is 7.74. The van der Waals surface area contributed by atoms with Crippen LogP contribution >= 0.6 is 0 Å². The molecule has 144 valence electrons. The lowest BCUT2D eigenvalue weighted by Gasteiger charge is -2.37. The molecule has 2 fully saturated rings.